The molecule has 0 saturated heterocycles. The Labute approximate surface area is 217 Å². The monoisotopic (exact) mass is 555 g/mol. The highest BCUT2D eigenvalue weighted by Crippen LogP contribution is 2.37. The molecule has 3 aromatic carbocycles. The average Bonchev–Trinajstić information content (AvgIpc) is 2.87. The van der Waals surface area contributed by atoms with Crippen molar-refractivity contribution in [2.75, 3.05) is 6.61 Å². The fourth-order valence-corrected chi connectivity index (χ4v) is 3.85. The van der Waals surface area contributed by atoms with Crippen LogP contribution in [0.5, 0.6) is 11.5 Å². The number of nitro groups is 1. The van der Waals surface area contributed by atoms with Gasteiger partial charge in [-0.3, -0.25) is 14.9 Å². The van der Waals surface area contributed by atoms with Crippen LogP contribution in [-0.2, 0) is 11.4 Å². The van der Waals surface area contributed by atoms with Gasteiger partial charge in [0.2, 0.25) is 5.91 Å². The van der Waals surface area contributed by atoms with Crippen molar-refractivity contribution in [1.82, 2.24) is 5.43 Å². The second-order valence-corrected chi connectivity index (χ2v) is 8.59. The molecule has 0 saturated carbocycles. The number of ether oxygens (including phenoxy) is 2. The summed E-state index contributed by atoms with van der Waals surface area (Å²) in [6, 6.07) is 18.8. The van der Waals surface area contributed by atoms with Crippen molar-refractivity contribution >= 4 is 33.7 Å². The molecule has 1 atom stereocenters. The number of aliphatic hydroxyl groups excluding tert-OH is 1. The zero-order valence-electron chi connectivity index (χ0n) is 19.6. The van der Waals surface area contributed by atoms with Gasteiger partial charge in [-0.25, -0.2) is 5.43 Å². The molecule has 0 bridgehead atoms. The van der Waals surface area contributed by atoms with Gasteiger partial charge in [-0.05, 0) is 70.2 Å². The van der Waals surface area contributed by atoms with Crippen LogP contribution in [0.15, 0.2) is 76.3 Å². The number of carbonyl (C=O) groups is 1. The van der Waals surface area contributed by atoms with Gasteiger partial charge in [0, 0.05) is 18.6 Å². The van der Waals surface area contributed by atoms with Gasteiger partial charge < -0.3 is 14.6 Å². The maximum atomic E-state index is 12.1. The number of amides is 1. The van der Waals surface area contributed by atoms with Gasteiger partial charge in [-0.15, -0.1) is 0 Å². The molecule has 1 unspecified atom stereocenters. The van der Waals surface area contributed by atoms with Crippen LogP contribution in [0.2, 0.25) is 0 Å². The first-order chi connectivity index (χ1) is 17.4. The van der Waals surface area contributed by atoms with Gasteiger partial charge >= 0.3 is 0 Å². The van der Waals surface area contributed by atoms with E-state index in [9.17, 15) is 20.0 Å². The van der Waals surface area contributed by atoms with Gasteiger partial charge in [0.1, 0.15) is 6.61 Å². The molecule has 0 aromatic heterocycles. The second-order valence-electron chi connectivity index (χ2n) is 7.73. The van der Waals surface area contributed by atoms with E-state index in [1.54, 1.807) is 24.3 Å². The molecule has 0 radical (unpaired) electrons. The summed E-state index contributed by atoms with van der Waals surface area (Å²) in [4.78, 5) is 22.5. The zero-order chi connectivity index (χ0) is 25.9. The van der Waals surface area contributed by atoms with E-state index in [-0.39, 0.29) is 31.0 Å². The molecule has 188 valence electrons. The molecule has 3 rings (SSSR count). The van der Waals surface area contributed by atoms with E-state index in [0.717, 1.165) is 11.1 Å². The highest BCUT2D eigenvalue weighted by Gasteiger charge is 2.13. The summed E-state index contributed by atoms with van der Waals surface area (Å²) in [5.41, 5.74) is 4.67. The number of nitro benzene ring substituents is 1. The lowest BCUT2D eigenvalue weighted by molar-refractivity contribution is -0.384. The van der Waals surface area contributed by atoms with Gasteiger partial charge in [-0.2, -0.15) is 5.10 Å². The van der Waals surface area contributed by atoms with E-state index in [2.05, 4.69) is 26.5 Å². The summed E-state index contributed by atoms with van der Waals surface area (Å²) in [6.07, 6.45) is 1.17. The van der Waals surface area contributed by atoms with Crippen molar-refractivity contribution < 1.29 is 24.3 Å². The van der Waals surface area contributed by atoms with Crippen molar-refractivity contribution in [2.24, 2.45) is 5.10 Å². The summed E-state index contributed by atoms with van der Waals surface area (Å²) in [7, 11) is 0. The third-order valence-electron chi connectivity index (χ3n) is 5.09. The number of non-ortho nitro benzene ring substituents is 1. The van der Waals surface area contributed by atoms with Gasteiger partial charge in [0.15, 0.2) is 11.5 Å². The summed E-state index contributed by atoms with van der Waals surface area (Å²) < 4.78 is 12.2. The minimum Gasteiger partial charge on any atom is -0.490 e. The number of halogens is 1. The van der Waals surface area contributed by atoms with Crippen LogP contribution >= 0.6 is 15.9 Å². The highest BCUT2D eigenvalue weighted by molar-refractivity contribution is 9.10. The number of nitrogens with zero attached hydrogens (tertiary/aromatic N) is 2. The van der Waals surface area contributed by atoms with E-state index in [4.69, 9.17) is 9.47 Å². The molecule has 10 heteroatoms. The Morgan fingerprint density at radius 3 is 2.56 bits per heavy atom. The summed E-state index contributed by atoms with van der Waals surface area (Å²) in [6.45, 7) is 2.44. The van der Waals surface area contributed by atoms with Crippen LogP contribution in [0.3, 0.4) is 0 Å². The fraction of sp³-hybridized carbons (Fsp3) is 0.231. The first-order valence-electron chi connectivity index (χ1n) is 11.2. The van der Waals surface area contributed by atoms with Gasteiger partial charge in [0.05, 0.1) is 28.3 Å². The first-order valence-corrected chi connectivity index (χ1v) is 12.0. The molecular formula is C26H26BrN3O6. The number of hydrogen-bond acceptors (Lipinski definition) is 7. The Morgan fingerprint density at radius 1 is 1.17 bits per heavy atom. The van der Waals surface area contributed by atoms with Crippen LogP contribution in [0.25, 0.3) is 0 Å². The molecule has 1 amide bonds. The number of aliphatic hydroxyl groups is 1. The molecule has 0 spiro atoms. The molecule has 0 aliphatic carbocycles. The molecular weight excluding hydrogens is 530 g/mol. The van der Waals surface area contributed by atoms with E-state index in [1.165, 1.54) is 18.3 Å². The van der Waals surface area contributed by atoms with E-state index < -0.39 is 11.0 Å². The topological polar surface area (TPSA) is 123 Å². The number of hydrazone groups is 1. The van der Waals surface area contributed by atoms with E-state index >= 15 is 0 Å². The lowest BCUT2D eigenvalue weighted by Gasteiger charge is -2.14. The van der Waals surface area contributed by atoms with Gasteiger partial charge in [0.25, 0.3) is 5.69 Å². The third kappa shape index (κ3) is 7.89. The smallest absolute Gasteiger partial charge is 0.269 e. The van der Waals surface area contributed by atoms with E-state index in [0.29, 0.717) is 28.1 Å². The molecule has 0 heterocycles. The third-order valence-corrected chi connectivity index (χ3v) is 5.68. The molecule has 0 fully saturated rings. The van der Waals surface area contributed by atoms with Gasteiger partial charge in [-0.1, -0.05) is 30.3 Å². The van der Waals surface area contributed by atoms with Crippen LogP contribution < -0.4 is 14.9 Å². The Kier molecular flexibility index (Phi) is 9.96. The highest BCUT2D eigenvalue weighted by atomic mass is 79.9. The standard InChI is InChI=1S/C26H26BrN3O6/c1-2-35-24-15-19(16-28-29-25(32)13-12-23(31)20-6-4-3-5-7-20)14-22(27)26(24)36-17-18-8-10-21(11-9-18)30(33)34/h3-11,14-16,23,31H,2,12-13,17H2,1H3,(H,29,32)/b28-16-. The van der Waals surface area contributed by atoms with Crippen LogP contribution in [0.1, 0.15) is 42.6 Å². The first kappa shape index (κ1) is 26.8. The Morgan fingerprint density at radius 2 is 1.89 bits per heavy atom. The van der Waals surface area contributed by atoms with Crippen LogP contribution in [0.4, 0.5) is 5.69 Å². The van der Waals surface area contributed by atoms with Crippen molar-refractivity contribution in [1.29, 1.82) is 0 Å². The lowest BCUT2D eigenvalue weighted by Crippen LogP contribution is -2.18. The molecule has 2 N–H and O–H groups in total. The number of benzene rings is 3. The number of rotatable bonds is 12. The Hall–Kier alpha value is -3.76. The summed E-state index contributed by atoms with van der Waals surface area (Å²) >= 11 is 3.48. The van der Waals surface area contributed by atoms with Crippen molar-refractivity contribution in [2.45, 2.75) is 32.5 Å². The molecule has 3 aromatic rings. The maximum Gasteiger partial charge on any atom is 0.269 e. The average molecular weight is 556 g/mol. The lowest BCUT2D eigenvalue weighted by atomic mass is 10.1. The molecule has 36 heavy (non-hydrogen) atoms. The predicted octanol–water partition coefficient (Wildman–Crippen LogP) is 5.30. The molecule has 0 aliphatic heterocycles. The van der Waals surface area contributed by atoms with Crippen molar-refractivity contribution in [3.8, 4) is 11.5 Å². The summed E-state index contributed by atoms with van der Waals surface area (Å²) in [5, 5.41) is 25.0. The normalized spacial score (nSPS) is 11.8. The Bertz CT molecular complexity index is 1200. The maximum absolute atomic E-state index is 12.1. The second kappa shape index (κ2) is 13.4. The molecule has 9 nitrogen and oxygen atoms in total. The number of nitrogens with one attached hydrogen (secondary N) is 1. The zero-order valence-corrected chi connectivity index (χ0v) is 21.2. The minimum atomic E-state index is -0.718. The predicted molar refractivity (Wildman–Crippen MR) is 139 cm³/mol. The SMILES string of the molecule is CCOc1cc(/C=N\NC(=O)CCC(O)c2ccccc2)cc(Br)c1OCc1ccc([N+](=O)[O-])cc1. The number of hydrogen-bond donors (Lipinski definition) is 2. The van der Waals surface area contributed by atoms with Crippen LogP contribution in [0, 0.1) is 10.1 Å². The van der Waals surface area contributed by atoms with E-state index in [1.807, 2.05) is 37.3 Å². The van der Waals surface area contributed by atoms with Crippen molar-refractivity contribution in [3.05, 3.63) is 98.0 Å². The fourth-order valence-electron chi connectivity index (χ4n) is 3.28. The van der Waals surface area contributed by atoms with Crippen molar-refractivity contribution in [3.63, 3.8) is 0 Å². The minimum absolute atomic E-state index is 0.0121. The number of carbonyl (C=O) groups excluding carboxylic acids is 1. The largest absolute Gasteiger partial charge is 0.490 e. The molecule has 0 aliphatic rings. The summed E-state index contributed by atoms with van der Waals surface area (Å²) in [5.74, 6) is 0.646. The Balaban J connectivity index is 1.58. The van der Waals surface area contributed by atoms with Crippen LogP contribution in [-0.4, -0.2) is 28.8 Å². The quantitative estimate of drug-likeness (QED) is 0.177.